The molecule has 1 N–H and O–H groups in total. The zero-order valence-corrected chi connectivity index (χ0v) is 18.1. The van der Waals surface area contributed by atoms with Gasteiger partial charge in [-0.1, -0.05) is 129 Å². The number of rotatable bonds is 21. The van der Waals surface area contributed by atoms with Gasteiger partial charge < -0.3 is 5.11 Å². The van der Waals surface area contributed by atoms with Gasteiger partial charge in [0.25, 0.3) is 0 Å². The summed E-state index contributed by atoms with van der Waals surface area (Å²) in [6, 6.07) is 0. The first-order valence-electron chi connectivity index (χ1n) is 11.9. The van der Waals surface area contributed by atoms with Crippen molar-refractivity contribution in [3.63, 3.8) is 0 Å². The lowest BCUT2D eigenvalue weighted by atomic mass is 9.93. The molecule has 1 atom stereocenters. The van der Waals surface area contributed by atoms with Gasteiger partial charge in [-0.15, -0.1) is 0 Å². The summed E-state index contributed by atoms with van der Waals surface area (Å²) in [5, 5.41) is 8.95. The van der Waals surface area contributed by atoms with Crippen molar-refractivity contribution < 1.29 is 9.90 Å². The number of hydrogen-bond acceptors (Lipinski definition) is 1. The van der Waals surface area contributed by atoms with E-state index >= 15 is 0 Å². The van der Waals surface area contributed by atoms with Gasteiger partial charge in [-0.2, -0.15) is 0 Å². The Morgan fingerprint density at radius 1 is 0.577 bits per heavy atom. The maximum Gasteiger partial charge on any atom is 0.303 e. The lowest BCUT2D eigenvalue weighted by molar-refractivity contribution is -0.138. The summed E-state index contributed by atoms with van der Waals surface area (Å²) < 4.78 is 0. The van der Waals surface area contributed by atoms with Gasteiger partial charge in [0.15, 0.2) is 0 Å². The van der Waals surface area contributed by atoms with Crippen molar-refractivity contribution in [3.05, 3.63) is 0 Å². The number of aliphatic carboxylic acids is 1. The predicted octanol–water partition coefficient (Wildman–Crippen LogP) is 8.53. The lowest BCUT2D eigenvalue weighted by Gasteiger charge is -2.13. The Kier molecular flexibility index (Phi) is 20.4. The molecule has 0 heterocycles. The van der Waals surface area contributed by atoms with Crippen LogP contribution < -0.4 is 0 Å². The molecule has 0 bridgehead atoms. The smallest absolute Gasteiger partial charge is 0.303 e. The summed E-state index contributed by atoms with van der Waals surface area (Å²) in [5.74, 6) is -0.218. The fourth-order valence-corrected chi connectivity index (χ4v) is 3.98. The highest BCUT2D eigenvalue weighted by Gasteiger charge is 2.11. The van der Waals surface area contributed by atoms with Gasteiger partial charge in [0.05, 0.1) is 0 Å². The van der Waals surface area contributed by atoms with Crippen LogP contribution in [0.5, 0.6) is 0 Å². The van der Waals surface area contributed by atoms with Crippen molar-refractivity contribution in [2.75, 3.05) is 0 Å². The van der Waals surface area contributed by atoms with Crippen molar-refractivity contribution in [1.29, 1.82) is 0 Å². The first-order valence-corrected chi connectivity index (χ1v) is 11.9. The van der Waals surface area contributed by atoms with Gasteiger partial charge in [0.2, 0.25) is 0 Å². The van der Waals surface area contributed by atoms with Gasteiger partial charge in [-0.05, 0) is 12.3 Å². The number of carbonyl (C=O) groups is 1. The molecule has 0 aliphatic carbocycles. The fraction of sp³-hybridized carbons (Fsp3) is 0.958. The Hall–Kier alpha value is -0.530. The molecule has 2 heteroatoms. The minimum Gasteiger partial charge on any atom is -0.481 e. The van der Waals surface area contributed by atoms with Crippen molar-refractivity contribution in [1.82, 2.24) is 0 Å². The molecule has 2 nitrogen and oxygen atoms in total. The number of hydrogen-bond donors (Lipinski definition) is 1. The summed E-state index contributed by atoms with van der Waals surface area (Å²) in [6.07, 6.45) is 26.0. The molecular formula is C24H48O2. The van der Waals surface area contributed by atoms with E-state index in [9.17, 15) is 4.79 Å². The zero-order valence-electron chi connectivity index (χ0n) is 18.1. The standard InChI is InChI=1S/C24H48O2/c1-3-5-6-7-8-9-10-11-12-13-14-15-16-17-18-19-21-23(20-4-2)22-24(25)26/h23H,3-22H2,1-2H3,(H,25,26). The minimum absolute atomic E-state index is 0.368. The molecule has 0 aliphatic rings. The van der Waals surface area contributed by atoms with Crippen LogP contribution in [0.2, 0.25) is 0 Å². The van der Waals surface area contributed by atoms with Crippen LogP contribution in [0, 0.1) is 5.92 Å². The summed E-state index contributed by atoms with van der Waals surface area (Å²) in [4.78, 5) is 10.9. The Morgan fingerprint density at radius 2 is 0.962 bits per heavy atom. The summed E-state index contributed by atoms with van der Waals surface area (Å²) in [7, 11) is 0. The number of carboxylic acid groups (broad SMARTS) is 1. The van der Waals surface area contributed by atoms with Crippen LogP contribution in [-0.2, 0) is 4.79 Å². The molecule has 156 valence electrons. The Morgan fingerprint density at radius 3 is 1.31 bits per heavy atom. The second-order valence-corrected chi connectivity index (χ2v) is 8.34. The van der Waals surface area contributed by atoms with E-state index in [-0.39, 0.29) is 0 Å². The van der Waals surface area contributed by atoms with Crippen molar-refractivity contribution >= 4 is 5.97 Å². The zero-order chi connectivity index (χ0) is 19.3. The van der Waals surface area contributed by atoms with Crippen LogP contribution in [0.3, 0.4) is 0 Å². The Balaban J connectivity index is 3.22. The third-order valence-corrected chi connectivity index (χ3v) is 5.63. The summed E-state index contributed by atoms with van der Waals surface area (Å²) in [6.45, 7) is 4.44. The SMILES string of the molecule is CCCCCCCCCCCCCCCCCCC(CCC)CC(=O)O. The fourth-order valence-electron chi connectivity index (χ4n) is 3.98. The number of unbranched alkanes of at least 4 members (excludes halogenated alkanes) is 15. The largest absolute Gasteiger partial charge is 0.481 e. The van der Waals surface area contributed by atoms with Crippen LogP contribution in [-0.4, -0.2) is 11.1 Å². The molecule has 1 unspecified atom stereocenters. The molecule has 0 aliphatic heterocycles. The molecule has 26 heavy (non-hydrogen) atoms. The van der Waals surface area contributed by atoms with Crippen molar-refractivity contribution in [2.24, 2.45) is 5.92 Å². The molecule has 0 saturated heterocycles. The van der Waals surface area contributed by atoms with E-state index in [0.717, 1.165) is 19.3 Å². The normalized spacial score (nSPS) is 12.4. The Bertz CT molecular complexity index is 288. The molecule has 0 aromatic heterocycles. The monoisotopic (exact) mass is 368 g/mol. The quantitative estimate of drug-likeness (QED) is 0.206. The van der Waals surface area contributed by atoms with E-state index in [1.807, 2.05) is 0 Å². The first-order chi connectivity index (χ1) is 12.7. The maximum absolute atomic E-state index is 10.9. The third-order valence-electron chi connectivity index (χ3n) is 5.63. The molecule has 0 aromatic carbocycles. The topological polar surface area (TPSA) is 37.3 Å². The average Bonchev–Trinajstić information content (AvgIpc) is 2.61. The van der Waals surface area contributed by atoms with E-state index in [1.165, 1.54) is 103 Å². The molecular weight excluding hydrogens is 320 g/mol. The van der Waals surface area contributed by atoms with E-state index in [4.69, 9.17) is 5.11 Å². The van der Waals surface area contributed by atoms with E-state index in [2.05, 4.69) is 13.8 Å². The Labute approximate surface area is 164 Å². The first kappa shape index (κ1) is 25.5. The van der Waals surface area contributed by atoms with Crippen molar-refractivity contribution in [2.45, 2.75) is 142 Å². The maximum atomic E-state index is 10.9. The van der Waals surface area contributed by atoms with E-state index in [1.54, 1.807) is 0 Å². The second kappa shape index (κ2) is 20.8. The van der Waals surface area contributed by atoms with Crippen LogP contribution in [0.15, 0.2) is 0 Å². The molecule has 0 saturated carbocycles. The summed E-state index contributed by atoms with van der Waals surface area (Å²) in [5.41, 5.74) is 0. The highest BCUT2D eigenvalue weighted by molar-refractivity contribution is 5.66. The number of carboxylic acids is 1. The highest BCUT2D eigenvalue weighted by Crippen LogP contribution is 2.20. The van der Waals surface area contributed by atoms with Crippen LogP contribution in [0.4, 0.5) is 0 Å². The molecule has 0 rings (SSSR count). The van der Waals surface area contributed by atoms with Crippen molar-refractivity contribution in [3.8, 4) is 0 Å². The van der Waals surface area contributed by atoms with Crippen LogP contribution in [0.1, 0.15) is 142 Å². The average molecular weight is 369 g/mol. The van der Waals surface area contributed by atoms with Gasteiger partial charge in [0, 0.05) is 6.42 Å². The molecule has 0 spiro atoms. The predicted molar refractivity (Wildman–Crippen MR) is 115 cm³/mol. The lowest BCUT2D eigenvalue weighted by Crippen LogP contribution is -2.07. The van der Waals surface area contributed by atoms with E-state index < -0.39 is 5.97 Å². The van der Waals surface area contributed by atoms with E-state index in [0.29, 0.717) is 12.3 Å². The summed E-state index contributed by atoms with van der Waals surface area (Å²) >= 11 is 0. The molecule has 0 fully saturated rings. The van der Waals surface area contributed by atoms with Crippen LogP contribution in [0.25, 0.3) is 0 Å². The molecule has 0 radical (unpaired) electrons. The third kappa shape index (κ3) is 19.8. The van der Waals surface area contributed by atoms with Crippen LogP contribution >= 0.6 is 0 Å². The minimum atomic E-state index is -0.625. The molecule has 0 amide bonds. The molecule has 0 aromatic rings. The van der Waals surface area contributed by atoms with Gasteiger partial charge in [-0.3, -0.25) is 4.79 Å². The van der Waals surface area contributed by atoms with Gasteiger partial charge in [-0.25, -0.2) is 0 Å². The van der Waals surface area contributed by atoms with Gasteiger partial charge >= 0.3 is 5.97 Å². The van der Waals surface area contributed by atoms with Gasteiger partial charge in [0.1, 0.15) is 0 Å². The highest BCUT2D eigenvalue weighted by atomic mass is 16.4. The second-order valence-electron chi connectivity index (χ2n) is 8.34.